The van der Waals surface area contributed by atoms with Crippen molar-refractivity contribution in [2.24, 2.45) is 0 Å². The molecule has 1 aromatic carbocycles. The van der Waals surface area contributed by atoms with Gasteiger partial charge in [0.15, 0.2) is 0 Å². The smallest absolute Gasteiger partial charge is 0.0485 e. The van der Waals surface area contributed by atoms with Crippen molar-refractivity contribution in [1.82, 2.24) is 10.3 Å². The topological polar surface area (TPSA) is 24.9 Å². The van der Waals surface area contributed by atoms with E-state index >= 15 is 0 Å². The second kappa shape index (κ2) is 6.06. The van der Waals surface area contributed by atoms with Gasteiger partial charge in [-0.15, -0.1) is 0 Å². The van der Waals surface area contributed by atoms with Gasteiger partial charge in [0.1, 0.15) is 0 Å². The monoisotopic (exact) mass is 330 g/mol. The van der Waals surface area contributed by atoms with Gasteiger partial charge in [-0.1, -0.05) is 41.1 Å². The van der Waals surface area contributed by atoms with Crippen LogP contribution in [0.3, 0.4) is 0 Å². The second-order valence-electron chi connectivity index (χ2n) is 5.28. The van der Waals surface area contributed by atoms with Crippen LogP contribution in [0.2, 0.25) is 0 Å². The van der Waals surface area contributed by atoms with Crippen LogP contribution in [0.15, 0.2) is 47.1 Å². The number of pyridine rings is 1. The van der Waals surface area contributed by atoms with Crippen LogP contribution in [0.5, 0.6) is 0 Å². The minimum Gasteiger partial charge on any atom is -0.310 e. The van der Waals surface area contributed by atoms with E-state index in [2.05, 4.69) is 63.5 Å². The van der Waals surface area contributed by atoms with E-state index in [4.69, 9.17) is 0 Å². The van der Waals surface area contributed by atoms with Crippen molar-refractivity contribution in [3.05, 3.63) is 63.9 Å². The lowest BCUT2D eigenvalue weighted by atomic mass is 9.90. The molecule has 0 bridgehead atoms. The van der Waals surface area contributed by atoms with Crippen LogP contribution in [0, 0.1) is 0 Å². The highest BCUT2D eigenvalue weighted by Gasteiger charge is 2.31. The van der Waals surface area contributed by atoms with Crippen LogP contribution in [-0.2, 0) is 6.42 Å². The van der Waals surface area contributed by atoms with Crippen molar-refractivity contribution in [2.75, 3.05) is 6.54 Å². The Morgan fingerprint density at radius 1 is 1.30 bits per heavy atom. The first-order valence-electron chi connectivity index (χ1n) is 7.22. The summed E-state index contributed by atoms with van der Waals surface area (Å²) in [6, 6.07) is 13.3. The van der Waals surface area contributed by atoms with E-state index in [1.807, 2.05) is 12.3 Å². The molecule has 1 aromatic heterocycles. The molecule has 1 aliphatic rings. The standard InChI is InChI=1S/C17H19BrN2/c1-2-19-16(13-5-8-14(18)9-6-13)15-10-7-12-4-3-11-20-17(12)15/h3-6,8-9,11,15-16,19H,2,7,10H2,1H3. The summed E-state index contributed by atoms with van der Waals surface area (Å²) in [5, 5.41) is 3.65. The molecule has 1 heterocycles. The molecule has 0 amide bonds. The van der Waals surface area contributed by atoms with Crippen molar-refractivity contribution in [2.45, 2.75) is 31.7 Å². The number of hydrogen-bond acceptors (Lipinski definition) is 2. The van der Waals surface area contributed by atoms with Gasteiger partial charge in [0.05, 0.1) is 0 Å². The van der Waals surface area contributed by atoms with Crippen molar-refractivity contribution in [1.29, 1.82) is 0 Å². The van der Waals surface area contributed by atoms with Gasteiger partial charge in [0.25, 0.3) is 0 Å². The molecule has 0 spiro atoms. The molecular formula is C17H19BrN2. The number of halogens is 1. The summed E-state index contributed by atoms with van der Waals surface area (Å²) in [6.45, 7) is 3.14. The van der Waals surface area contributed by atoms with E-state index in [1.54, 1.807) is 0 Å². The molecule has 20 heavy (non-hydrogen) atoms. The van der Waals surface area contributed by atoms with Crippen LogP contribution < -0.4 is 5.32 Å². The van der Waals surface area contributed by atoms with Gasteiger partial charge < -0.3 is 5.32 Å². The SMILES string of the molecule is CCNC(c1ccc(Br)cc1)C1CCc2cccnc21. The number of nitrogens with one attached hydrogen (secondary N) is 1. The summed E-state index contributed by atoms with van der Waals surface area (Å²) in [4.78, 5) is 4.64. The molecule has 0 aliphatic heterocycles. The van der Waals surface area contributed by atoms with E-state index in [-0.39, 0.29) is 0 Å². The van der Waals surface area contributed by atoms with Crippen LogP contribution in [0.25, 0.3) is 0 Å². The fourth-order valence-electron chi connectivity index (χ4n) is 3.15. The number of hydrogen-bond donors (Lipinski definition) is 1. The third kappa shape index (κ3) is 2.65. The lowest BCUT2D eigenvalue weighted by Crippen LogP contribution is -2.26. The molecule has 0 saturated heterocycles. The highest BCUT2D eigenvalue weighted by atomic mass is 79.9. The fraction of sp³-hybridized carbons (Fsp3) is 0.353. The molecule has 0 radical (unpaired) electrons. The average molecular weight is 331 g/mol. The molecule has 1 N–H and O–H groups in total. The summed E-state index contributed by atoms with van der Waals surface area (Å²) in [7, 11) is 0. The van der Waals surface area contributed by atoms with Gasteiger partial charge in [-0.3, -0.25) is 4.98 Å². The van der Waals surface area contributed by atoms with E-state index < -0.39 is 0 Å². The van der Waals surface area contributed by atoms with E-state index in [0.29, 0.717) is 12.0 Å². The summed E-state index contributed by atoms with van der Waals surface area (Å²) in [5.74, 6) is 0.479. The van der Waals surface area contributed by atoms with E-state index in [0.717, 1.165) is 17.4 Å². The van der Waals surface area contributed by atoms with Gasteiger partial charge >= 0.3 is 0 Å². The number of aromatic nitrogens is 1. The maximum absolute atomic E-state index is 4.64. The number of benzene rings is 1. The quantitative estimate of drug-likeness (QED) is 0.907. The Balaban J connectivity index is 1.94. The predicted molar refractivity (Wildman–Crippen MR) is 85.9 cm³/mol. The maximum Gasteiger partial charge on any atom is 0.0485 e. The van der Waals surface area contributed by atoms with Crippen molar-refractivity contribution >= 4 is 15.9 Å². The number of nitrogens with zero attached hydrogens (tertiary/aromatic N) is 1. The average Bonchev–Trinajstić information content (AvgIpc) is 2.90. The molecule has 1 aliphatic carbocycles. The summed E-state index contributed by atoms with van der Waals surface area (Å²) in [5.41, 5.74) is 4.04. The van der Waals surface area contributed by atoms with Gasteiger partial charge in [-0.05, 0) is 48.7 Å². The van der Waals surface area contributed by atoms with Gasteiger partial charge in [0.2, 0.25) is 0 Å². The molecule has 104 valence electrons. The maximum atomic E-state index is 4.64. The Labute approximate surface area is 128 Å². The van der Waals surface area contributed by atoms with Gasteiger partial charge in [-0.2, -0.15) is 0 Å². The van der Waals surface area contributed by atoms with E-state index in [9.17, 15) is 0 Å². The number of aryl methyl sites for hydroxylation is 1. The molecule has 2 aromatic rings. The summed E-state index contributed by atoms with van der Waals surface area (Å²) < 4.78 is 1.13. The van der Waals surface area contributed by atoms with Crippen LogP contribution in [0.1, 0.15) is 42.1 Å². The molecular weight excluding hydrogens is 312 g/mol. The van der Waals surface area contributed by atoms with E-state index in [1.165, 1.54) is 23.2 Å². The zero-order valence-corrected chi connectivity index (χ0v) is 13.2. The molecule has 3 rings (SSSR count). The first-order valence-corrected chi connectivity index (χ1v) is 8.01. The highest BCUT2D eigenvalue weighted by molar-refractivity contribution is 9.10. The Morgan fingerprint density at radius 3 is 2.85 bits per heavy atom. The molecule has 0 fully saturated rings. The summed E-state index contributed by atoms with van der Waals surface area (Å²) in [6.07, 6.45) is 4.24. The molecule has 2 nitrogen and oxygen atoms in total. The minimum atomic E-state index is 0.351. The Morgan fingerprint density at radius 2 is 2.10 bits per heavy atom. The van der Waals surface area contributed by atoms with Crippen LogP contribution >= 0.6 is 15.9 Å². The zero-order chi connectivity index (χ0) is 13.9. The highest BCUT2D eigenvalue weighted by Crippen LogP contribution is 2.40. The first-order chi connectivity index (χ1) is 9.79. The van der Waals surface area contributed by atoms with Crippen LogP contribution in [-0.4, -0.2) is 11.5 Å². The zero-order valence-electron chi connectivity index (χ0n) is 11.6. The first kappa shape index (κ1) is 13.8. The van der Waals surface area contributed by atoms with Crippen molar-refractivity contribution < 1.29 is 0 Å². The molecule has 0 saturated carbocycles. The number of likely N-dealkylation sites (N-methyl/N-ethyl adjacent to an activating group) is 1. The lowest BCUT2D eigenvalue weighted by Gasteiger charge is -2.25. The van der Waals surface area contributed by atoms with Gasteiger partial charge in [0, 0.05) is 28.3 Å². The van der Waals surface area contributed by atoms with Crippen molar-refractivity contribution in [3.8, 4) is 0 Å². The third-order valence-corrected chi connectivity index (χ3v) is 4.59. The largest absolute Gasteiger partial charge is 0.310 e. The Kier molecular flexibility index (Phi) is 4.18. The molecule has 2 unspecified atom stereocenters. The normalized spacial score (nSPS) is 18.8. The minimum absolute atomic E-state index is 0.351. The predicted octanol–water partition coefficient (Wildman–Crippen LogP) is 4.22. The number of rotatable bonds is 4. The molecule has 2 atom stereocenters. The fourth-order valence-corrected chi connectivity index (χ4v) is 3.42. The van der Waals surface area contributed by atoms with Gasteiger partial charge in [-0.25, -0.2) is 0 Å². The lowest BCUT2D eigenvalue weighted by molar-refractivity contribution is 0.447. The summed E-state index contributed by atoms with van der Waals surface area (Å²) >= 11 is 3.51. The Hall–Kier alpha value is -1.19. The third-order valence-electron chi connectivity index (χ3n) is 4.06. The Bertz CT molecular complexity index is 580. The molecule has 3 heteroatoms. The van der Waals surface area contributed by atoms with Crippen molar-refractivity contribution in [3.63, 3.8) is 0 Å². The second-order valence-corrected chi connectivity index (χ2v) is 6.20. The van der Waals surface area contributed by atoms with Crippen LogP contribution in [0.4, 0.5) is 0 Å². The number of fused-ring (bicyclic) bond motifs is 1.